The third kappa shape index (κ3) is 13.3. The Morgan fingerprint density at radius 2 is 0.656 bits per heavy atom. The first kappa shape index (κ1) is 67.4. The van der Waals surface area contributed by atoms with Gasteiger partial charge in [-0.3, -0.25) is 28.2 Å². The number of imidazole rings is 3. The number of nitrogen functional groups attached to an aromatic ring is 3. The molecule has 9 aromatic heterocycles. The molecule has 0 bridgehead atoms. The van der Waals surface area contributed by atoms with Crippen LogP contribution < -0.4 is 31.4 Å². The molecule has 0 amide bonds. The van der Waals surface area contributed by atoms with Crippen LogP contribution in [0.5, 0.6) is 17.2 Å². The molecule has 12 rings (SSSR count). The van der Waals surface area contributed by atoms with Crippen LogP contribution in [-0.2, 0) is 0 Å². The molecule has 0 aliphatic heterocycles. The smallest absolute Gasteiger partial charge is 0.158 e. The second kappa shape index (κ2) is 28.4. The van der Waals surface area contributed by atoms with Crippen molar-refractivity contribution in [3.8, 4) is 50.6 Å². The molecule has 12 aromatic rings. The molecule has 0 aliphatic rings. The zero-order valence-corrected chi connectivity index (χ0v) is 57.9. The molecule has 0 spiro atoms. The van der Waals surface area contributed by atoms with Gasteiger partial charge in [0.05, 0.1) is 19.8 Å². The number of aryl methyl sites for hydroxylation is 3. The Kier molecular flexibility index (Phi) is 20.6. The fourth-order valence-corrected chi connectivity index (χ4v) is 12.9. The lowest BCUT2D eigenvalue weighted by Gasteiger charge is -2.22. The molecule has 3 aromatic carbocycles. The van der Waals surface area contributed by atoms with Crippen molar-refractivity contribution in [3.05, 3.63) is 209 Å². The van der Waals surface area contributed by atoms with Crippen LogP contribution >= 0.6 is 69.6 Å². The number of hydrogen-bond acceptors (Lipinski definition) is 15. The van der Waals surface area contributed by atoms with Crippen molar-refractivity contribution in [2.24, 2.45) is 0 Å². The quantitative estimate of drug-likeness (QED) is 0.0866. The van der Waals surface area contributed by atoms with Crippen LogP contribution in [0, 0.1) is 41.5 Å². The van der Waals surface area contributed by atoms with E-state index in [9.17, 15) is 0 Å². The van der Waals surface area contributed by atoms with Gasteiger partial charge in [-0.2, -0.15) is 0 Å². The van der Waals surface area contributed by atoms with Crippen molar-refractivity contribution in [1.82, 2.24) is 58.1 Å². The molecule has 0 fully saturated rings. The Hall–Kier alpha value is -8.49. The summed E-state index contributed by atoms with van der Waals surface area (Å²) in [5, 5.41) is 2.88. The molecule has 480 valence electrons. The van der Waals surface area contributed by atoms with Gasteiger partial charge in [-0.05, 0) is 115 Å². The lowest BCUT2D eigenvalue weighted by Crippen LogP contribution is -2.08. The van der Waals surface area contributed by atoms with Crippen molar-refractivity contribution in [1.29, 1.82) is 0 Å². The lowest BCUT2D eigenvalue weighted by atomic mass is 9.91. The van der Waals surface area contributed by atoms with Gasteiger partial charge in [-0.15, -0.1) is 0 Å². The number of nitrogens with zero attached hydrogens (tertiary/aromatic N) is 12. The molecule has 93 heavy (non-hydrogen) atoms. The van der Waals surface area contributed by atoms with E-state index in [1.807, 2.05) is 169 Å². The van der Waals surface area contributed by atoms with Gasteiger partial charge in [-0.1, -0.05) is 109 Å². The Morgan fingerprint density at radius 1 is 0.398 bits per heavy atom. The largest absolute Gasteiger partial charge is 0.493 e. The first-order valence-electron chi connectivity index (χ1n) is 30.0. The molecule has 3 atom stereocenters. The van der Waals surface area contributed by atoms with Gasteiger partial charge in [0.15, 0.2) is 32.9 Å². The molecule has 0 saturated heterocycles. The SMILES string of the molecule is CCOc1c(C(C)c2nc(Cl)c3c(N)nccn23)cc(Cl)c(C)c1-c1ccc(C)nc1.CCOc1c([C@@H](C)c2nc(Cl)c3c(N)nccn23)cc(Cl)c(C)c1-c1ccc(C)nc1.CCOc1c([C@H](C)c2nc(Cl)c3c(N)nccn23)cc(Cl)c(C)c1-c1ccc(C)nc1. The zero-order chi connectivity index (χ0) is 66.9. The van der Waals surface area contributed by atoms with Gasteiger partial charge in [0, 0.05) is 156 Å². The number of benzene rings is 3. The second-order valence-electron chi connectivity index (χ2n) is 22.2. The number of aromatic nitrogens is 12. The van der Waals surface area contributed by atoms with E-state index in [1.165, 1.54) is 0 Å². The third-order valence-corrected chi connectivity index (χ3v) is 18.2. The summed E-state index contributed by atoms with van der Waals surface area (Å²) in [6.07, 6.45) is 15.8. The van der Waals surface area contributed by atoms with Crippen LogP contribution in [0.15, 0.2) is 110 Å². The van der Waals surface area contributed by atoms with Crippen LogP contribution in [0.4, 0.5) is 17.5 Å². The summed E-state index contributed by atoms with van der Waals surface area (Å²) in [7, 11) is 0. The monoisotopic (exact) mass is 1370 g/mol. The number of nitrogens with two attached hydrogens (primary N) is 3. The predicted octanol–water partition coefficient (Wildman–Crippen LogP) is 17.5. The molecular weight excluding hydrogens is 1300 g/mol. The minimum atomic E-state index is -0.182. The van der Waals surface area contributed by atoms with Gasteiger partial charge in [0.1, 0.15) is 51.3 Å². The van der Waals surface area contributed by atoms with Gasteiger partial charge in [-0.25, -0.2) is 29.9 Å². The van der Waals surface area contributed by atoms with Crippen molar-refractivity contribution < 1.29 is 14.2 Å². The number of hydrogen-bond donors (Lipinski definition) is 3. The third-order valence-electron chi connectivity index (χ3n) is 16.2. The fraction of sp³-hybridized carbons (Fsp3) is 0.261. The van der Waals surface area contributed by atoms with E-state index in [0.717, 1.165) is 119 Å². The van der Waals surface area contributed by atoms with E-state index in [-0.39, 0.29) is 17.8 Å². The number of fused-ring (bicyclic) bond motifs is 3. The number of ether oxygens (including phenoxy) is 3. The first-order chi connectivity index (χ1) is 44.5. The van der Waals surface area contributed by atoms with Gasteiger partial charge < -0.3 is 31.4 Å². The minimum Gasteiger partial charge on any atom is -0.493 e. The van der Waals surface area contributed by atoms with E-state index in [4.69, 9.17) is 101 Å². The van der Waals surface area contributed by atoms with Crippen LogP contribution in [0.3, 0.4) is 0 Å². The van der Waals surface area contributed by atoms with Gasteiger partial charge in [0.25, 0.3) is 0 Å². The maximum Gasteiger partial charge on any atom is 0.158 e. The van der Waals surface area contributed by atoms with Gasteiger partial charge >= 0.3 is 0 Å². The van der Waals surface area contributed by atoms with E-state index in [0.29, 0.717) is 84.4 Å². The van der Waals surface area contributed by atoms with Crippen LogP contribution in [0.2, 0.25) is 30.5 Å². The standard InChI is InChI=1S/3C23H23Cl2N5O/c3*1-5-31-20-16(10-17(24)14(4)18(20)15-7-6-12(2)28-11-15)13(3)23-29-21(25)19-22(26)27-8-9-30(19)23/h3*6-11,13H,5H2,1-4H3,(H2,26,27)/t2*13-;/m10./s1. The van der Waals surface area contributed by atoms with E-state index in [2.05, 4.69) is 44.9 Å². The highest BCUT2D eigenvalue weighted by Gasteiger charge is 2.30. The lowest BCUT2D eigenvalue weighted by molar-refractivity contribution is 0.336. The average molecular weight is 1370 g/mol. The van der Waals surface area contributed by atoms with Crippen LogP contribution in [0.1, 0.15) is 127 Å². The summed E-state index contributed by atoms with van der Waals surface area (Å²) in [4.78, 5) is 39.5. The highest BCUT2D eigenvalue weighted by atomic mass is 35.5. The second-order valence-corrected chi connectivity index (χ2v) is 24.5. The first-order valence-corrected chi connectivity index (χ1v) is 32.3. The van der Waals surface area contributed by atoms with Crippen LogP contribution in [0.25, 0.3) is 49.9 Å². The van der Waals surface area contributed by atoms with E-state index in [1.54, 1.807) is 37.2 Å². The molecule has 9 heterocycles. The van der Waals surface area contributed by atoms with Crippen molar-refractivity contribution in [2.75, 3.05) is 37.0 Å². The zero-order valence-electron chi connectivity index (χ0n) is 53.3. The normalized spacial score (nSPS) is 12.3. The molecule has 24 heteroatoms. The fourth-order valence-electron chi connectivity index (χ4n) is 11.4. The highest BCUT2D eigenvalue weighted by Crippen LogP contribution is 2.48. The molecule has 18 nitrogen and oxygen atoms in total. The van der Waals surface area contributed by atoms with Crippen LogP contribution in [-0.4, -0.2) is 77.9 Å². The summed E-state index contributed by atoms with van der Waals surface area (Å²) >= 11 is 39.3. The number of anilines is 3. The summed E-state index contributed by atoms with van der Waals surface area (Å²) in [5.74, 6) is 4.91. The van der Waals surface area contributed by atoms with Crippen molar-refractivity contribution in [2.45, 2.75) is 101 Å². The maximum absolute atomic E-state index is 6.69. The Labute approximate surface area is 569 Å². The van der Waals surface area contributed by atoms with Gasteiger partial charge in [0.2, 0.25) is 0 Å². The molecule has 0 saturated carbocycles. The summed E-state index contributed by atoms with van der Waals surface area (Å²) in [6.45, 7) is 25.4. The van der Waals surface area contributed by atoms with E-state index >= 15 is 0 Å². The topological polar surface area (TPSA) is 235 Å². The van der Waals surface area contributed by atoms with E-state index < -0.39 is 0 Å². The number of halogens is 6. The molecule has 0 aliphatic carbocycles. The summed E-state index contributed by atoms with van der Waals surface area (Å²) < 4.78 is 24.1. The predicted molar refractivity (Wildman–Crippen MR) is 376 cm³/mol. The summed E-state index contributed by atoms with van der Waals surface area (Å²) in [6, 6.07) is 17.9. The Balaban J connectivity index is 0.000000153. The number of rotatable bonds is 15. The van der Waals surface area contributed by atoms with Crippen molar-refractivity contribution in [3.63, 3.8) is 0 Å². The van der Waals surface area contributed by atoms with Crippen molar-refractivity contribution >= 4 is 104 Å². The molecule has 0 radical (unpaired) electrons. The Bertz CT molecular complexity index is 4280. The highest BCUT2D eigenvalue weighted by molar-refractivity contribution is 6.35. The Morgan fingerprint density at radius 3 is 0.882 bits per heavy atom. The average Bonchev–Trinajstić information content (AvgIpc) is 1.76. The number of pyridine rings is 3. The molecule has 1 unspecified atom stereocenters. The minimum absolute atomic E-state index is 0.182. The summed E-state index contributed by atoms with van der Waals surface area (Å²) in [5.41, 5.74) is 33.9. The molecular formula is C69H69Cl6N15O3. The molecule has 6 N–H and O–H groups in total. The maximum atomic E-state index is 6.69.